The summed E-state index contributed by atoms with van der Waals surface area (Å²) in [5.74, 6) is 1.65. The molecule has 0 radical (unpaired) electrons. The van der Waals surface area contributed by atoms with Crippen molar-refractivity contribution in [2.24, 2.45) is 10.9 Å². The number of aromatic nitrogens is 1. The van der Waals surface area contributed by atoms with Crippen LogP contribution in [-0.2, 0) is 6.42 Å². The van der Waals surface area contributed by atoms with Crippen LogP contribution >= 0.6 is 35.3 Å². The fraction of sp³-hybridized carbons (Fsp3) is 0.789. The van der Waals surface area contributed by atoms with Crippen molar-refractivity contribution in [3.8, 4) is 0 Å². The summed E-state index contributed by atoms with van der Waals surface area (Å²) in [5.41, 5.74) is 0. The Morgan fingerprint density at radius 2 is 2.04 bits per heavy atom. The number of nitrogens with zero attached hydrogens (tertiary/aromatic N) is 3. The van der Waals surface area contributed by atoms with Crippen LogP contribution in [0.1, 0.15) is 49.9 Å². The van der Waals surface area contributed by atoms with Gasteiger partial charge in [-0.25, -0.2) is 4.98 Å². The molecule has 1 atom stereocenters. The normalized spacial score (nSPS) is 16.6. The zero-order chi connectivity index (χ0) is 18.1. The van der Waals surface area contributed by atoms with Gasteiger partial charge >= 0.3 is 0 Å². The minimum atomic E-state index is 0. The first-order chi connectivity index (χ1) is 12.1. The van der Waals surface area contributed by atoms with Gasteiger partial charge in [0.05, 0.1) is 11.6 Å². The number of rotatable bonds is 9. The van der Waals surface area contributed by atoms with Crippen molar-refractivity contribution >= 4 is 41.3 Å². The van der Waals surface area contributed by atoms with Crippen LogP contribution in [0.3, 0.4) is 0 Å². The van der Waals surface area contributed by atoms with Gasteiger partial charge in [-0.05, 0) is 52.1 Å². The van der Waals surface area contributed by atoms with E-state index in [2.05, 4.69) is 48.2 Å². The summed E-state index contributed by atoms with van der Waals surface area (Å²) in [7, 11) is 0. The van der Waals surface area contributed by atoms with Gasteiger partial charge in [0, 0.05) is 36.6 Å². The second-order valence-corrected chi connectivity index (χ2v) is 8.61. The second kappa shape index (κ2) is 12.9. The van der Waals surface area contributed by atoms with Gasteiger partial charge in [0.2, 0.25) is 0 Å². The summed E-state index contributed by atoms with van der Waals surface area (Å²) in [6, 6.07) is 0.569. The molecule has 1 saturated heterocycles. The van der Waals surface area contributed by atoms with E-state index in [1.807, 2.05) is 6.20 Å². The first-order valence-electron chi connectivity index (χ1n) is 9.76. The molecule has 0 saturated carbocycles. The van der Waals surface area contributed by atoms with Crippen LogP contribution in [-0.4, -0.2) is 54.6 Å². The molecule has 0 aromatic carbocycles. The summed E-state index contributed by atoms with van der Waals surface area (Å²) in [4.78, 5) is 13.2. The Bertz CT molecular complexity index is 526. The lowest BCUT2D eigenvalue weighted by Gasteiger charge is -2.28. The van der Waals surface area contributed by atoms with E-state index in [1.54, 1.807) is 11.3 Å². The Morgan fingerprint density at radius 3 is 2.62 bits per heavy atom. The quantitative estimate of drug-likeness (QED) is 0.313. The van der Waals surface area contributed by atoms with Gasteiger partial charge in [0.15, 0.2) is 5.96 Å². The number of hydrogen-bond acceptors (Lipinski definition) is 4. The Morgan fingerprint density at radius 1 is 1.31 bits per heavy atom. The zero-order valence-electron chi connectivity index (χ0n) is 16.8. The molecule has 5 nitrogen and oxygen atoms in total. The van der Waals surface area contributed by atoms with Gasteiger partial charge in [0.1, 0.15) is 0 Å². The molecule has 1 aliphatic heterocycles. The van der Waals surface area contributed by atoms with E-state index < -0.39 is 0 Å². The zero-order valence-corrected chi connectivity index (χ0v) is 19.9. The Labute approximate surface area is 180 Å². The number of aryl methyl sites for hydroxylation is 1. The maximum absolute atomic E-state index is 4.88. The van der Waals surface area contributed by atoms with Crippen LogP contribution < -0.4 is 10.6 Å². The van der Waals surface area contributed by atoms with E-state index >= 15 is 0 Å². The van der Waals surface area contributed by atoms with E-state index in [4.69, 9.17) is 4.99 Å². The molecule has 1 unspecified atom stereocenters. The number of hydrogen-bond donors (Lipinski definition) is 2. The van der Waals surface area contributed by atoms with Crippen LogP contribution in [0.5, 0.6) is 0 Å². The van der Waals surface area contributed by atoms with Crippen molar-refractivity contribution in [2.75, 3.05) is 32.7 Å². The second-order valence-electron chi connectivity index (χ2n) is 7.29. The van der Waals surface area contributed by atoms with Gasteiger partial charge in [0.25, 0.3) is 0 Å². The molecule has 1 aromatic rings. The van der Waals surface area contributed by atoms with Gasteiger partial charge in [-0.3, -0.25) is 9.89 Å². The Hall–Kier alpha value is -0.410. The smallest absolute Gasteiger partial charge is 0.191 e. The minimum absolute atomic E-state index is 0. The average Bonchev–Trinajstić information content (AvgIpc) is 3.22. The number of likely N-dealkylation sites (tertiary alicyclic amines) is 1. The highest BCUT2D eigenvalue weighted by Gasteiger charge is 2.22. The Balaban J connectivity index is 0.00000338. The van der Waals surface area contributed by atoms with Gasteiger partial charge in [-0.2, -0.15) is 0 Å². The molecular weight excluding hydrogens is 457 g/mol. The lowest BCUT2D eigenvalue weighted by molar-refractivity contribution is 0.218. The monoisotopic (exact) mass is 493 g/mol. The summed E-state index contributed by atoms with van der Waals surface area (Å²) < 4.78 is 0. The molecular formula is C19H36IN5S. The van der Waals surface area contributed by atoms with Gasteiger partial charge in [-0.1, -0.05) is 13.8 Å². The average molecular weight is 494 g/mol. The molecule has 0 bridgehead atoms. The molecule has 2 heterocycles. The number of thiazole rings is 1. The van der Waals surface area contributed by atoms with Crippen molar-refractivity contribution in [2.45, 2.75) is 59.4 Å². The van der Waals surface area contributed by atoms with E-state index in [9.17, 15) is 0 Å². The molecule has 26 heavy (non-hydrogen) atoms. The maximum atomic E-state index is 4.88. The van der Waals surface area contributed by atoms with E-state index in [0.717, 1.165) is 32.0 Å². The molecule has 1 aromatic heterocycles. The molecule has 2 N–H and O–H groups in total. The highest BCUT2D eigenvalue weighted by Crippen LogP contribution is 2.18. The lowest BCUT2D eigenvalue weighted by Crippen LogP contribution is -2.41. The van der Waals surface area contributed by atoms with Crippen molar-refractivity contribution in [3.05, 3.63) is 16.1 Å². The highest BCUT2D eigenvalue weighted by atomic mass is 127. The van der Waals surface area contributed by atoms with Crippen LogP contribution in [0.15, 0.2) is 11.2 Å². The minimum Gasteiger partial charge on any atom is -0.357 e. The van der Waals surface area contributed by atoms with Crippen molar-refractivity contribution < 1.29 is 0 Å². The summed E-state index contributed by atoms with van der Waals surface area (Å²) in [6.45, 7) is 14.0. The predicted octanol–water partition coefficient (Wildman–Crippen LogP) is 3.68. The summed E-state index contributed by atoms with van der Waals surface area (Å²) in [5, 5.41) is 8.03. The first-order valence-corrected chi connectivity index (χ1v) is 10.6. The van der Waals surface area contributed by atoms with Crippen molar-refractivity contribution in [1.29, 1.82) is 0 Å². The van der Waals surface area contributed by atoms with E-state index in [1.165, 1.54) is 42.2 Å². The molecule has 0 spiro atoms. The van der Waals surface area contributed by atoms with Crippen molar-refractivity contribution in [1.82, 2.24) is 20.5 Å². The number of aliphatic imine (C=N–C) groups is 1. The summed E-state index contributed by atoms with van der Waals surface area (Å²) >= 11 is 1.78. The predicted molar refractivity (Wildman–Crippen MR) is 124 cm³/mol. The molecule has 0 aliphatic carbocycles. The largest absolute Gasteiger partial charge is 0.357 e. The van der Waals surface area contributed by atoms with Gasteiger partial charge in [-0.15, -0.1) is 35.3 Å². The Kier molecular flexibility index (Phi) is 11.7. The van der Waals surface area contributed by atoms with Crippen LogP contribution in [0.25, 0.3) is 0 Å². The third-order valence-corrected chi connectivity index (χ3v) is 5.48. The SMILES string of the molecule is CCNC(=NCC(CC(C)C)N1CCCC1)NCCc1ncc(C)s1.I. The topological polar surface area (TPSA) is 52.6 Å². The first kappa shape index (κ1) is 23.6. The third kappa shape index (κ3) is 8.52. The standard InChI is InChI=1S/C19H35N5S.HI/c1-5-20-19(21-9-8-18-22-13-16(4)25-18)23-14-17(12-15(2)3)24-10-6-7-11-24;/h13,15,17H,5-12,14H2,1-4H3,(H2,20,21,23);1H. The van der Waals surface area contributed by atoms with Crippen LogP contribution in [0.2, 0.25) is 0 Å². The van der Waals surface area contributed by atoms with Crippen LogP contribution in [0, 0.1) is 12.8 Å². The number of guanidine groups is 1. The lowest BCUT2D eigenvalue weighted by atomic mass is 10.0. The summed E-state index contributed by atoms with van der Waals surface area (Å²) in [6.07, 6.45) is 6.80. The maximum Gasteiger partial charge on any atom is 0.191 e. The fourth-order valence-corrected chi connectivity index (χ4v) is 4.12. The highest BCUT2D eigenvalue weighted by molar-refractivity contribution is 14.0. The molecule has 2 rings (SSSR count). The fourth-order valence-electron chi connectivity index (χ4n) is 3.33. The molecule has 1 aliphatic rings. The van der Waals surface area contributed by atoms with Crippen LogP contribution in [0.4, 0.5) is 0 Å². The molecule has 7 heteroatoms. The third-order valence-electron chi connectivity index (χ3n) is 4.51. The molecule has 150 valence electrons. The molecule has 0 amide bonds. The van der Waals surface area contributed by atoms with E-state index in [0.29, 0.717) is 12.0 Å². The number of nitrogens with one attached hydrogen (secondary N) is 2. The molecule has 1 fully saturated rings. The van der Waals surface area contributed by atoms with Crippen molar-refractivity contribution in [3.63, 3.8) is 0 Å². The van der Waals surface area contributed by atoms with Gasteiger partial charge < -0.3 is 10.6 Å². The number of halogens is 1. The van der Waals surface area contributed by atoms with E-state index in [-0.39, 0.29) is 24.0 Å².